The summed E-state index contributed by atoms with van der Waals surface area (Å²) < 4.78 is 13.1. The van der Waals surface area contributed by atoms with Gasteiger partial charge in [-0.15, -0.1) is 11.3 Å². The zero-order valence-electron chi connectivity index (χ0n) is 13.9. The second-order valence-corrected chi connectivity index (χ2v) is 6.58. The smallest absolute Gasteiger partial charge is 0.251 e. The molecule has 0 saturated heterocycles. The van der Waals surface area contributed by atoms with Gasteiger partial charge >= 0.3 is 0 Å². The number of hydrogen-bond donors (Lipinski definition) is 2. The number of rotatable bonds is 6. The first kappa shape index (κ1) is 18.1. The number of carbonyl (C=O) groups excluding carboxylic acids is 2. The van der Waals surface area contributed by atoms with Gasteiger partial charge in [0.25, 0.3) is 5.91 Å². The molecular weight excluding hydrogens is 329 g/mol. The topological polar surface area (TPSA) is 71.1 Å². The van der Waals surface area contributed by atoms with Gasteiger partial charge in [-0.1, -0.05) is 13.0 Å². The fourth-order valence-corrected chi connectivity index (χ4v) is 3.13. The van der Waals surface area contributed by atoms with E-state index in [9.17, 15) is 14.0 Å². The van der Waals surface area contributed by atoms with Crippen LogP contribution in [0, 0.1) is 12.7 Å². The Labute approximate surface area is 144 Å². The van der Waals surface area contributed by atoms with E-state index in [2.05, 4.69) is 15.6 Å². The Morgan fingerprint density at radius 2 is 2.12 bits per heavy atom. The minimum absolute atomic E-state index is 0.177. The molecule has 2 rings (SSSR count). The molecule has 1 aromatic heterocycles. The molecule has 0 unspecified atom stereocenters. The van der Waals surface area contributed by atoms with Gasteiger partial charge in [0.2, 0.25) is 5.91 Å². The maximum atomic E-state index is 13.1. The van der Waals surface area contributed by atoms with Crippen LogP contribution in [0.2, 0.25) is 0 Å². The van der Waals surface area contributed by atoms with E-state index < -0.39 is 17.3 Å². The number of aromatic nitrogens is 1. The third kappa shape index (κ3) is 4.38. The van der Waals surface area contributed by atoms with Crippen LogP contribution in [-0.2, 0) is 10.3 Å². The second-order valence-electron chi connectivity index (χ2n) is 5.72. The van der Waals surface area contributed by atoms with Crippen LogP contribution in [0.5, 0.6) is 0 Å². The predicted molar refractivity (Wildman–Crippen MR) is 91.4 cm³/mol. The summed E-state index contributed by atoms with van der Waals surface area (Å²) in [6.07, 6.45) is 0.670. The molecule has 2 N–H and O–H groups in total. The fraction of sp³-hybridized carbons (Fsp3) is 0.353. The van der Waals surface area contributed by atoms with E-state index in [4.69, 9.17) is 0 Å². The maximum Gasteiger partial charge on any atom is 0.251 e. The van der Waals surface area contributed by atoms with Crippen LogP contribution in [0.1, 0.15) is 41.3 Å². The van der Waals surface area contributed by atoms with Crippen molar-refractivity contribution < 1.29 is 14.0 Å². The summed E-state index contributed by atoms with van der Waals surface area (Å²) in [7, 11) is 0. The SMILES string of the molecule is CC[C@](C)(NC(=O)CNC(=O)c1cccc(F)c1)c1nc(C)cs1. The highest BCUT2D eigenvalue weighted by molar-refractivity contribution is 7.09. The number of carbonyl (C=O) groups is 2. The molecule has 0 fully saturated rings. The highest BCUT2D eigenvalue weighted by Crippen LogP contribution is 2.27. The van der Waals surface area contributed by atoms with E-state index in [0.717, 1.165) is 16.8 Å². The van der Waals surface area contributed by atoms with Crippen molar-refractivity contribution in [3.63, 3.8) is 0 Å². The average Bonchev–Trinajstić information content (AvgIpc) is 2.99. The lowest BCUT2D eigenvalue weighted by Gasteiger charge is -2.27. The third-order valence-electron chi connectivity index (χ3n) is 3.71. The quantitative estimate of drug-likeness (QED) is 0.842. The summed E-state index contributed by atoms with van der Waals surface area (Å²) in [5.41, 5.74) is 0.500. The molecule has 0 saturated carbocycles. The van der Waals surface area contributed by atoms with E-state index >= 15 is 0 Å². The summed E-state index contributed by atoms with van der Waals surface area (Å²) >= 11 is 1.49. The molecule has 1 aromatic carbocycles. The number of halogens is 1. The van der Waals surface area contributed by atoms with Gasteiger partial charge in [0, 0.05) is 16.6 Å². The third-order valence-corrected chi connectivity index (χ3v) is 4.93. The first-order valence-electron chi connectivity index (χ1n) is 7.61. The summed E-state index contributed by atoms with van der Waals surface area (Å²) in [4.78, 5) is 28.6. The van der Waals surface area contributed by atoms with Gasteiger partial charge < -0.3 is 10.6 Å². The van der Waals surface area contributed by atoms with Crippen molar-refractivity contribution in [3.8, 4) is 0 Å². The molecule has 0 aliphatic rings. The molecular formula is C17H20FN3O2S. The summed E-state index contributed by atoms with van der Waals surface area (Å²) in [5.74, 6) is -1.31. The Kier molecular flexibility index (Phi) is 5.66. The summed E-state index contributed by atoms with van der Waals surface area (Å²) in [6.45, 7) is 5.58. The van der Waals surface area contributed by atoms with E-state index in [0.29, 0.717) is 6.42 Å². The Morgan fingerprint density at radius 3 is 2.71 bits per heavy atom. The molecule has 1 atom stereocenters. The zero-order valence-corrected chi connectivity index (χ0v) is 14.7. The van der Waals surface area contributed by atoms with Gasteiger partial charge in [-0.25, -0.2) is 9.37 Å². The minimum atomic E-state index is -0.584. The second kappa shape index (κ2) is 7.53. The first-order chi connectivity index (χ1) is 11.3. The van der Waals surface area contributed by atoms with Gasteiger partial charge in [0.15, 0.2) is 0 Å². The van der Waals surface area contributed by atoms with Crippen molar-refractivity contribution in [2.75, 3.05) is 6.54 Å². The van der Waals surface area contributed by atoms with Crippen LogP contribution in [-0.4, -0.2) is 23.3 Å². The molecule has 0 bridgehead atoms. The minimum Gasteiger partial charge on any atom is -0.343 e. The van der Waals surface area contributed by atoms with Crippen molar-refractivity contribution >= 4 is 23.2 Å². The summed E-state index contributed by atoms with van der Waals surface area (Å²) in [6, 6.07) is 5.32. The molecule has 0 radical (unpaired) electrons. The Balaban J connectivity index is 1.96. The average molecular weight is 349 g/mol. The number of hydrogen-bond acceptors (Lipinski definition) is 4. The summed E-state index contributed by atoms with van der Waals surface area (Å²) in [5, 5.41) is 8.16. The Bertz CT molecular complexity index is 747. The lowest BCUT2D eigenvalue weighted by atomic mass is 10.00. The number of nitrogens with zero attached hydrogens (tertiary/aromatic N) is 1. The molecule has 1 heterocycles. The Morgan fingerprint density at radius 1 is 1.38 bits per heavy atom. The first-order valence-corrected chi connectivity index (χ1v) is 8.49. The van der Waals surface area contributed by atoms with Crippen LogP contribution in [0.4, 0.5) is 4.39 Å². The lowest BCUT2D eigenvalue weighted by Crippen LogP contribution is -2.47. The van der Waals surface area contributed by atoms with E-state index in [1.807, 2.05) is 26.2 Å². The van der Waals surface area contributed by atoms with E-state index in [1.165, 1.54) is 29.5 Å². The number of nitrogens with one attached hydrogen (secondary N) is 2. The van der Waals surface area contributed by atoms with Gasteiger partial charge in [-0.05, 0) is 38.5 Å². The molecule has 24 heavy (non-hydrogen) atoms. The molecule has 128 valence electrons. The molecule has 0 aliphatic heterocycles. The van der Waals surface area contributed by atoms with Crippen molar-refractivity contribution in [2.24, 2.45) is 0 Å². The normalized spacial score (nSPS) is 13.2. The van der Waals surface area contributed by atoms with E-state index in [1.54, 1.807) is 0 Å². The highest BCUT2D eigenvalue weighted by Gasteiger charge is 2.29. The monoisotopic (exact) mass is 349 g/mol. The van der Waals surface area contributed by atoms with Crippen molar-refractivity contribution in [1.29, 1.82) is 0 Å². The Hall–Kier alpha value is -2.28. The molecule has 5 nitrogen and oxygen atoms in total. The van der Waals surface area contributed by atoms with Crippen LogP contribution >= 0.6 is 11.3 Å². The lowest BCUT2D eigenvalue weighted by molar-refractivity contribution is -0.122. The van der Waals surface area contributed by atoms with Crippen LogP contribution in [0.15, 0.2) is 29.6 Å². The zero-order chi connectivity index (χ0) is 17.7. The van der Waals surface area contributed by atoms with Crippen molar-refractivity contribution in [2.45, 2.75) is 32.7 Å². The predicted octanol–water partition coefficient (Wildman–Crippen LogP) is 2.76. The molecule has 7 heteroatoms. The van der Waals surface area contributed by atoms with Crippen molar-refractivity contribution in [1.82, 2.24) is 15.6 Å². The number of benzene rings is 1. The highest BCUT2D eigenvalue weighted by atomic mass is 32.1. The molecule has 0 aliphatic carbocycles. The van der Waals surface area contributed by atoms with Crippen LogP contribution in [0.3, 0.4) is 0 Å². The van der Waals surface area contributed by atoms with Gasteiger partial charge in [0.05, 0.1) is 12.1 Å². The van der Waals surface area contributed by atoms with E-state index in [-0.39, 0.29) is 18.0 Å². The fourth-order valence-electron chi connectivity index (χ4n) is 2.14. The van der Waals surface area contributed by atoms with Crippen LogP contribution in [0.25, 0.3) is 0 Å². The number of aryl methyl sites for hydroxylation is 1. The molecule has 0 spiro atoms. The van der Waals surface area contributed by atoms with Gasteiger partial charge in [0.1, 0.15) is 10.8 Å². The number of thiazole rings is 1. The number of amides is 2. The van der Waals surface area contributed by atoms with Crippen LogP contribution < -0.4 is 10.6 Å². The largest absolute Gasteiger partial charge is 0.343 e. The van der Waals surface area contributed by atoms with Gasteiger partial charge in [-0.3, -0.25) is 9.59 Å². The molecule has 2 aromatic rings. The van der Waals surface area contributed by atoms with Crippen molar-refractivity contribution in [3.05, 3.63) is 51.7 Å². The standard InChI is InChI=1S/C17H20FN3O2S/c1-4-17(3,16-20-11(2)10-24-16)21-14(22)9-19-15(23)12-6-5-7-13(18)8-12/h5-8,10H,4,9H2,1-3H3,(H,19,23)(H,21,22)/t17-/m0/s1. The van der Waals surface area contributed by atoms with Gasteiger partial charge in [-0.2, -0.15) is 0 Å². The molecule has 2 amide bonds. The maximum absolute atomic E-state index is 13.1.